The fourth-order valence-electron chi connectivity index (χ4n) is 12.4. The highest BCUT2D eigenvalue weighted by atomic mass is 15.2. The fraction of sp³-hybridized carbons (Fsp3) is 0.239. The molecule has 9 aromatic rings. The normalized spacial score (nSPS) is 15.2. The average molecular weight is 976 g/mol. The minimum Gasteiger partial charge on any atom is -0.311 e. The molecule has 0 saturated heterocycles. The Morgan fingerprint density at radius 3 is 1.49 bits per heavy atom. The first-order valence-electron chi connectivity index (χ1n) is 27.3. The molecule has 3 nitrogen and oxygen atoms in total. The number of hydrogen-bond acceptors (Lipinski definition) is 3. The molecular weight excluding hydrogens is 906 g/mol. The van der Waals surface area contributed by atoms with Crippen LogP contribution in [0.3, 0.4) is 0 Å². The lowest BCUT2D eigenvalue weighted by molar-refractivity contribution is 0.332. The Balaban J connectivity index is 1.23. The van der Waals surface area contributed by atoms with Crippen molar-refractivity contribution in [2.75, 3.05) is 14.7 Å². The number of para-hydroxylation sites is 2. The number of fused-ring (bicyclic) bond motifs is 5. The third-order valence-corrected chi connectivity index (χ3v) is 16.9. The number of aryl methyl sites for hydroxylation is 1. The molecule has 0 aromatic heterocycles. The monoisotopic (exact) mass is 976 g/mol. The van der Waals surface area contributed by atoms with Gasteiger partial charge in [0.25, 0.3) is 6.71 Å². The van der Waals surface area contributed by atoms with Gasteiger partial charge in [-0.25, -0.2) is 0 Å². The summed E-state index contributed by atoms with van der Waals surface area (Å²) < 4.78 is 0. The Bertz CT molecular complexity index is 3600. The summed E-state index contributed by atoms with van der Waals surface area (Å²) in [5.74, 6) is 0. The van der Waals surface area contributed by atoms with E-state index in [1.165, 1.54) is 101 Å². The van der Waals surface area contributed by atoms with Crippen LogP contribution in [0.25, 0.3) is 22.3 Å². The summed E-state index contributed by atoms with van der Waals surface area (Å²) in [5, 5.41) is 0. The van der Waals surface area contributed by atoms with Crippen molar-refractivity contribution >= 4 is 74.3 Å². The largest absolute Gasteiger partial charge is 0.311 e. The molecule has 9 aromatic carbocycles. The summed E-state index contributed by atoms with van der Waals surface area (Å²) >= 11 is 0. The number of nitrogens with zero attached hydrogens (tertiary/aromatic N) is 3. The maximum Gasteiger partial charge on any atom is 0.252 e. The zero-order chi connectivity index (χ0) is 52.2. The van der Waals surface area contributed by atoms with Crippen molar-refractivity contribution in [3.05, 3.63) is 228 Å². The van der Waals surface area contributed by atoms with Crippen molar-refractivity contribution in [3.63, 3.8) is 0 Å². The van der Waals surface area contributed by atoms with Crippen LogP contribution in [-0.2, 0) is 21.7 Å². The summed E-state index contributed by atoms with van der Waals surface area (Å²) in [6.45, 7) is 26.3. The Labute approximate surface area is 447 Å². The highest BCUT2D eigenvalue weighted by Gasteiger charge is 2.47. The van der Waals surface area contributed by atoms with E-state index in [1.54, 1.807) is 0 Å². The van der Waals surface area contributed by atoms with Crippen LogP contribution in [0.5, 0.6) is 0 Å². The molecule has 0 amide bonds. The van der Waals surface area contributed by atoms with E-state index in [4.69, 9.17) is 0 Å². The van der Waals surface area contributed by atoms with Gasteiger partial charge >= 0.3 is 0 Å². The van der Waals surface area contributed by atoms with E-state index in [1.807, 2.05) is 0 Å². The molecule has 0 N–H and O–H groups in total. The fourth-order valence-corrected chi connectivity index (χ4v) is 12.4. The van der Waals surface area contributed by atoms with Crippen molar-refractivity contribution in [2.45, 2.75) is 111 Å². The maximum absolute atomic E-state index is 2.70. The molecule has 0 fully saturated rings. The summed E-state index contributed by atoms with van der Waals surface area (Å²) in [4.78, 5) is 7.76. The van der Waals surface area contributed by atoms with Gasteiger partial charge in [0.1, 0.15) is 0 Å². The number of anilines is 9. The van der Waals surface area contributed by atoms with Crippen molar-refractivity contribution in [2.24, 2.45) is 0 Å². The van der Waals surface area contributed by atoms with Crippen LogP contribution in [-0.4, -0.2) is 6.71 Å². The molecule has 0 unspecified atom stereocenters. The molecule has 3 aliphatic rings. The molecule has 0 atom stereocenters. The number of benzene rings is 9. The van der Waals surface area contributed by atoms with Gasteiger partial charge in [-0.2, -0.15) is 0 Å². The van der Waals surface area contributed by atoms with Crippen molar-refractivity contribution in [3.8, 4) is 22.3 Å². The van der Waals surface area contributed by atoms with Crippen LogP contribution < -0.4 is 31.1 Å². The van der Waals surface area contributed by atoms with E-state index in [0.29, 0.717) is 0 Å². The van der Waals surface area contributed by atoms with Gasteiger partial charge in [0.2, 0.25) is 0 Å². The maximum atomic E-state index is 2.70. The highest BCUT2D eigenvalue weighted by Crippen LogP contribution is 2.53. The van der Waals surface area contributed by atoms with Crippen LogP contribution in [0, 0.1) is 6.92 Å². The highest BCUT2D eigenvalue weighted by molar-refractivity contribution is 7.00. The Kier molecular flexibility index (Phi) is 11.5. The van der Waals surface area contributed by atoms with Gasteiger partial charge in [-0.3, -0.25) is 0 Å². The van der Waals surface area contributed by atoms with E-state index in [2.05, 4.69) is 291 Å². The predicted octanol–water partition coefficient (Wildman–Crippen LogP) is 17.8. The molecule has 0 spiro atoms. The lowest BCUT2D eigenvalue weighted by Gasteiger charge is -2.48. The lowest BCUT2D eigenvalue weighted by Crippen LogP contribution is -2.62. The van der Waals surface area contributed by atoms with Crippen LogP contribution in [0.1, 0.15) is 110 Å². The molecule has 0 radical (unpaired) electrons. The van der Waals surface area contributed by atoms with Crippen LogP contribution in [0.15, 0.2) is 200 Å². The molecule has 1 aliphatic carbocycles. The second-order valence-electron chi connectivity index (χ2n) is 25.0. The molecule has 75 heavy (non-hydrogen) atoms. The van der Waals surface area contributed by atoms with Crippen LogP contribution in [0.4, 0.5) is 51.2 Å². The molecule has 0 saturated carbocycles. The minimum atomic E-state index is -0.181. The van der Waals surface area contributed by atoms with E-state index in [0.717, 1.165) is 29.9 Å². The zero-order valence-electron chi connectivity index (χ0n) is 45.9. The van der Waals surface area contributed by atoms with Gasteiger partial charge in [-0.1, -0.05) is 197 Å². The minimum absolute atomic E-state index is 0.00158. The topological polar surface area (TPSA) is 9.72 Å². The molecule has 2 heterocycles. The molecule has 4 heteroatoms. The van der Waals surface area contributed by atoms with E-state index >= 15 is 0 Å². The van der Waals surface area contributed by atoms with Crippen molar-refractivity contribution in [1.82, 2.24) is 0 Å². The zero-order valence-corrected chi connectivity index (χ0v) is 45.9. The summed E-state index contributed by atoms with van der Waals surface area (Å²) in [6.07, 6.45) is 2.28. The quantitative estimate of drug-likeness (QED) is 0.147. The second kappa shape index (κ2) is 17.8. The van der Waals surface area contributed by atoms with E-state index < -0.39 is 0 Å². The van der Waals surface area contributed by atoms with Gasteiger partial charge in [0.15, 0.2) is 0 Å². The third kappa shape index (κ3) is 8.29. The molecular formula is C71H70BN3. The number of hydrogen-bond donors (Lipinski definition) is 0. The van der Waals surface area contributed by atoms with E-state index in [-0.39, 0.29) is 28.4 Å². The van der Waals surface area contributed by atoms with E-state index in [9.17, 15) is 0 Å². The summed E-state index contributed by atoms with van der Waals surface area (Å²) in [5.41, 5.74) is 26.1. The average Bonchev–Trinajstić information content (AvgIpc) is 3.42. The summed E-state index contributed by atoms with van der Waals surface area (Å²) in [7, 11) is 0. The first-order valence-corrected chi connectivity index (χ1v) is 27.3. The lowest BCUT2D eigenvalue weighted by atomic mass is 9.33. The van der Waals surface area contributed by atoms with Gasteiger partial charge < -0.3 is 14.7 Å². The standard InChI is InChI=1S/C71H70BN3/c1-47-32-33-50(48-24-16-12-17-25-48)40-62(47)75-63-44-55(73(53-28-20-14-21-29-53)54-30-22-15-23-31-54)35-36-59(63)72-60-45-57-58(71(10,11)39-38-70(57,8)9)46-64(60)74(65-42-52(69(5,6)7)43-66(75)67(65)72)61-37-34-51(68(2,3)4)41-56(61)49-26-18-13-19-27-49/h12-37,40-46H,38-39H2,1-11H3. The Morgan fingerprint density at radius 2 is 0.920 bits per heavy atom. The van der Waals surface area contributed by atoms with Gasteiger partial charge in [-0.05, 0) is 175 Å². The molecule has 0 bridgehead atoms. The van der Waals surface area contributed by atoms with Crippen LogP contribution in [0.2, 0.25) is 0 Å². The van der Waals surface area contributed by atoms with Crippen molar-refractivity contribution < 1.29 is 0 Å². The smallest absolute Gasteiger partial charge is 0.252 e. The van der Waals surface area contributed by atoms with Gasteiger partial charge in [-0.15, -0.1) is 0 Å². The number of rotatable bonds is 7. The third-order valence-electron chi connectivity index (χ3n) is 16.9. The second-order valence-corrected chi connectivity index (χ2v) is 25.0. The first-order chi connectivity index (χ1) is 35.9. The predicted molar refractivity (Wildman–Crippen MR) is 323 cm³/mol. The Hall–Kier alpha value is -7.56. The molecule has 372 valence electrons. The van der Waals surface area contributed by atoms with Gasteiger partial charge in [0, 0.05) is 51.1 Å². The van der Waals surface area contributed by atoms with Crippen molar-refractivity contribution in [1.29, 1.82) is 0 Å². The molecule has 2 aliphatic heterocycles. The summed E-state index contributed by atoms with van der Waals surface area (Å²) in [6, 6.07) is 75.9. The molecule has 12 rings (SSSR count). The van der Waals surface area contributed by atoms with Crippen LogP contribution >= 0.6 is 0 Å². The SMILES string of the molecule is Cc1ccc(-c2ccccc2)cc1N1c2cc(N(c3ccccc3)c3ccccc3)ccc2B2c3cc4c(cc3N(c3ccc(C(C)(C)C)cc3-c3ccccc3)c3cc(C(C)(C)C)cc1c32)C(C)(C)CCC4(C)C. The Morgan fingerprint density at radius 1 is 0.400 bits per heavy atom. The first kappa shape index (κ1) is 48.4. The van der Waals surface area contributed by atoms with Gasteiger partial charge in [0.05, 0.1) is 5.69 Å².